The van der Waals surface area contributed by atoms with E-state index in [4.69, 9.17) is 10.9 Å². The first-order valence-corrected chi connectivity index (χ1v) is 6.59. The molecule has 1 rings (SSSR count). The van der Waals surface area contributed by atoms with Gasteiger partial charge < -0.3 is 15.8 Å². The zero-order valence-electron chi connectivity index (χ0n) is 12.8. The second-order valence-electron chi connectivity index (χ2n) is 5.33. The number of nitrogens with two attached hydrogens (primary N) is 1. The van der Waals surface area contributed by atoms with Gasteiger partial charge in [-0.05, 0) is 38.8 Å². The molecule has 1 atom stereocenters. The number of carbonyl (C=O) groups is 1. The SMILES string of the molecule is Cc1cc(C)c(C(=O)N(C)C(C)CC(N)=NO)c(C)c1. The maximum Gasteiger partial charge on any atom is 0.254 e. The summed E-state index contributed by atoms with van der Waals surface area (Å²) in [6, 6.07) is 3.86. The molecule has 0 radical (unpaired) electrons. The van der Waals surface area contributed by atoms with Gasteiger partial charge in [-0.3, -0.25) is 4.79 Å². The van der Waals surface area contributed by atoms with Crippen LogP contribution in [0.1, 0.15) is 40.4 Å². The molecule has 0 saturated carbocycles. The topological polar surface area (TPSA) is 78.9 Å². The molecular weight excluding hydrogens is 254 g/mol. The Labute approximate surface area is 120 Å². The molecule has 3 N–H and O–H groups in total. The third-order valence-corrected chi connectivity index (χ3v) is 3.51. The van der Waals surface area contributed by atoms with Gasteiger partial charge >= 0.3 is 0 Å². The van der Waals surface area contributed by atoms with E-state index in [-0.39, 0.29) is 17.8 Å². The van der Waals surface area contributed by atoms with Crippen molar-refractivity contribution in [1.82, 2.24) is 4.90 Å². The van der Waals surface area contributed by atoms with E-state index in [9.17, 15) is 4.79 Å². The van der Waals surface area contributed by atoms with Crippen LogP contribution in [0.5, 0.6) is 0 Å². The van der Waals surface area contributed by atoms with Crippen LogP contribution in [-0.2, 0) is 0 Å². The van der Waals surface area contributed by atoms with Crippen molar-refractivity contribution in [2.45, 2.75) is 40.2 Å². The normalized spacial score (nSPS) is 13.2. The monoisotopic (exact) mass is 277 g/mol. The quantitative estimate of drug-likeness (QED) is 0.383. The molecule has 0 heterocycles. The van der Waals surface area contributed by atoms with Crippen molar-refractivity contribution in [2.24, 2.45) is 10.9 Å². The lowest BCUT2D eigenvalue weighted by Gasteiger charge is -2.26. The standard InChI is InChI=1S/C15H23N3O2/c1-9-6-10(2)14(11(3)7-9)15(19)18(5)12(4)8-13(16)17-20/h6-7,12,20H,8H2,1-5H3,(H2,16,17). The third-order valence-electron chi connectivity index (χ3n) is 3.51. The van der Waals surface area contributed by atoms with E-state index in [1.54, 1.807) is 11.9 Å². The lowest BCUT2D eigenvalue weighted by atomic mass is 9.98. The van der Waals surface area contributed by atoms with Crippen molar-refractivity contribution in [3.63, 3.8) is 0 Å². The third kappa shape index (κ3) is 3.50. The van der Waals surface area contributed by atoms with Crippen molar-refractivity contribution in [3.05, 3.63) is 34.4 Å². The van der Waals surface area contributed by atoms with Gasteiger partial charge in [-0.2, -0.15) is 0 Å². The van der Waals surface area contributed by atoms with Crippen molar-refractivity contribution in [2.75, 3.05) is 7.05 Å². The average molecular weight is 277 g/mol. The van der Waals surface area contributed by atoms with Gasteiger partial charge in [0, 0.05) is 25.1 Å². The van der Waals surface area contributed by atoms with Gasteiger partial charge in [-0.15, -0.1) is 0 Å². The molecule has 0 aromatic heterocycles. The summed E-state index contributed by atoms with van der Waals surface area (Å²) in [5.41, 5.74) is 9.30. The van der Waals surface area contributed by atoms with Gasteiger partial charge in [0.05, 0.1) is 0 Å². The minimum atomic E-state index is -0.140. The number of amidine groups is 1. The summed E-state index contributed by atoms with van der Waals surface area (Å²) in [6.07, 6.45) is 0.336. The minimum Gasteiger partial charge on any atom is -0.409 e. The number of carbonyl (C=O) groups excluding carboxylic acids is 1. The number of hydrogen-bond donors (Lipinski definition) is 2. The largest absolute Gasteiger partial charge is 0.409 e. The summed E-state index contributed by atoms with van der Waals surface area (Å²) < 4.78 is 0. The summed E-state index contributed by atoms with van der Waals surface area (Å²) in [4.78, 5) is 14.2. The highest BCUT2D eigenvalue weighted by Gasteiger charge is 2.21. The van der Waals surface area contributed by atoms with Crippen LogP contribution in [0.3, 0.4) is 0 Å². The van der Waals surface area contributed by atoms with Crippen LogP contribution in [0.25, 0.3) is 0 Å². The van der Waals surface area contributed by atoms with Crippen LogP contribution in [-0.4, -0.2) is 34.9 Å². The lowest BCUT2D eigenvalue weighted by molar-refractivity contribution is 0.0745. The first-order chi connectivity index (χ1) is 9.27. The number of aryl methyl sites for hydroxylation is 3. The second-order valence-corrected chi connectivity index (χ2v) is 5.33. The first kappa shape index (κ1) is 16.0. The predicted molar refractivity (Wildman–Crippen MR) is 80.2 cm³/mol. The average Bonchev–Trinajstić information content (AvgIpc) is 2.36. The lowest BCUT2D eigenvalue weighted by Crippen LogP contribution is -2.38. The molecular formula is C15H23N3O2. The highest BCUT2D eigenvalue weighted by Crippen LogP contribution is 2.19. The van der Waals surface area contributed by atoms with Gasteiger partial charge in [-0.25, -0.2) is 0 Å². The van der Waals surface area contributed by atoms with Gasteiger partial charge in [0.1, 0.15) is 5.84 Å². The summed E-state index contributed by atoms with van der Waals surface area (Å²) in [6.45, 7) is 7.76. The molecule has 0 aliphatic heterocycles. The van der Waals surface area contributed by atoms with Gasteiger partial charge in [0.25, 0.3) is 5.91 Å². The minimum absolute atomic E-state index is 0.0433. The Hall–Kier alpha value is -2.04. The molecule has 5 heteroatoms. The number of benzene rings is 1. The highest BCUT2D eigenvalue weighted by atomic mass is 16.4. The zero-order valence-corrected chi connectivity index (χ0v) is 12.8. The number of rotatable bonds is 4. The van der Waals surface area contributed by atoms with Crippen molar-refractivity contribution in [1.29, 1.82) is 0 Å². The summed E-state index contributed by atoms with van der Waals surface area (Å²) in [5, 5.41) is 11.5. The fraction of sp³-hybridized carbons (Fsp3) is 0.467. The molecule has 0 saturated heterocycles. The van der Waals surface area contributed by atoms with Gasteiger partial charge in [0.2, 0.25) is 0 Å². The Morgan fingerprint density at radius 2 is 1.85 bits per heavy atom. The second kappa shape index (κ2) is 6.41. The molecule has 5 nitrogen and oxygen atoms in total. The van der Waals surface area contributed by atoms with Crippen LogP contribution in [0.4, 0.5) is 0 Å². The smallest absolute Gasteiger partial charge is 0.254 e. The maximum atomic E-state index is 12.6. The molecule has 1 aromatic rings. The number of amides is 1. The molecule has 20 heavy (non-hydrogen) atoms. The first-order valence-electron chi connectivity index (χ1n) is 6.59. The highest BCUT2D eigenvalue weighted by molar-refractivity contribution is 5.97. The Bertz CT molecular complexity index is 515. The fourth-order valence-corrected chi connectivity index (χ4v) is 2.37. The van der Waals surface area contributed by atoms with Crippen molar-refractivity contribution < 1.29 is 10.0 Å². The van der Waals surface area contributed by atoms with E-state index < -0.39 is 0 Å². The molecule has 1 amide bonds. The van der Waals surface area contributed by atoms with Crippen LogP contribution in [0.15, 0.2) is 17.3 Å². The van der Waals surface area contributed by atoms with Crippen molar-refractivity contribution in [3.8, 4) is 0 Å². The number of oxime groups is 1. The van der Waals surface area contributed by atoms with E-state index in [1.165, 1.54) is 0 Å². The van der Waals surface area contributed by atoms with E-state index in [0.29, 0.717) is 6.42 Å². The Kier molecular flexibility index (Phi) is 5.13. The summed E-state index contributed by atoms with van der Waals surface area (Å²) in [5.74, 6) is 0.0766. The molecule has 110 valence electrons. The summed E-state index contributed by atoms with van der Waals surface area (Å²) >= 11 is 0. The number of nitrogens with zero attached hydrogens (tertiary/aromatic N) is 2. The molecule has 1 aromatic carbocycles. The molecule has 0 aliphatic carbocycles. The van der Waals surface area contributed by atoms with Gasteiger partial charge in [-0.1, -0.05) is 22.9 Å². The molecule has 0 bridgehead atoms. The van der Waals surface area contributed by atoms with E-state index in [2.05, 4.69) is 5.16 Å². The van der Waals surface area contributed by atoms with Crippen LogP contribution in [0.2, 0.25) is 0 Å². The van der Waals surface area contributed by atoms with Crippen LogP contribution >= 0.6 is 0 Å². The van der Waals surface area contributed by atoms with E-state index in [1.807, 2.05) is 39.8 Å². The zero-order chi connectivity index (χ0) is 15.4. The Balaban J connectivity index is 3.01. The van der Waals surface area contributed by atoms with Crippen LogP contribution in [0, 0.1) is 20.8 Å². The maximum absolute atomic E-state index is 12.6. The molecule has 1 unspecified atom stereocenters. The van der Waals surface area contributed by atoms with Gasteiger partial charge in [0.15, 0.2) is 0 Å². The predicted octanol–water partition coefficient (Wildman–Crippen LogP) is 2.21. The molecule has 0 aliphatic rings. The van der Waals surface area contributed by atoms with Crippen LogP contribution < -0.4 is 5.73 Å². The Morgan fingerprint density at radius 3 is 2.30 bits per heavy atom. The van der Waals surface area contributed by atoms with Crippen molar-refractivity contribution >= 4 is 11.7 Å². The van der Waals surface area contributed by atoms with E-state index >= 15 is 0 Å². The molecule has 0 fully saturated rings. The summed E-state index contributed by atoms with van der Waals surface area (Å²) in [7, 11) is 1.73. The fourth-order valence-electron chi connectivity index (χ4n) is 2.37. The Morgan fingerprint density at radius 1 is 1.35 bits per heavy atom. The molecule has 0 spiro atoms. The number of hydrogen-bond acceptors (Lipinski definition) is 3. The van der Waals surface area contributed by atoms with E-state index in [0.717, 1.165) is 22.3 Å².